The predicted octanol–water partition coefficient (Wildman–Crippen LogP) is 4.82. The summed E-state index contributed by atoms with van der Waals surface area (Å²) in [6, 6.07) is 5.52. The third-order valence-electron chi connectivity index (χ3n) is 7.59. The molecule has 0 saturated carbocycles. The highest BCUT2D eigenvalue weighted by Crippen LogP contribution is 2.11. The number of hydrogen-bond donors (Lipinski definition) is 4. The van der Waals surface area contributed by atoms with Gasteiger partial charge >= 0.3 is 0 Å². The fourth-order valence-electron chi connectivity index (χ4n) is 4.97. The minimum absolute atomic E-state index is 0.0703. The molecule has 10 nitrogen and oxygen atoms in total. The van der Waals surface area contributed by atoms with Crippen molar-refractivity contribution < 1.29 is 19.2 Å². The predicted molar refractivity (Wildman–Crippen MR) is 173 cm³/mol. The summed E-state index contributed by atoms with van der Waals surface area (Å²) in [7, 11) is 0. The van der Waals surface area contributed by atoms with E-state index in [2.05, 4.69) is 31.2 Å². The molecule has 0 spiro atoms. The van der Waals surface area contributed by atoms with Crippen LogP contribution in [0.1, 0.15) is 113 Å². The summed E-state index contributed by atoms with van der Waals surface area (Å²) in [5.74, 6) is -1.26. The highest BCUT2D eigenvalue weighted by molar-refractivity contribution is 6.06. The van der Waals surface area contributed by atoms with Crippen LogP contribution in [0.2, 0.25) is 0 Å². The van der Waals surface area contributed by atoms with Gasteiger partial charge in [0.15, 0.2) is 0 Å². The van der Waals surface area contributed by atoms with Gasteiger partial charge in [-0.2, -0.15) is 0 Å². The molecule has 2 rings (SSSR count). The van der Waals surface area contributed by atoms with E-state index in [9.17, 15) is 19.2 Å². The maximum atomic E-state index is 12.6. The van der Waals surface area contributed by atoms with Gasteiger partial charge in [0.05, 0.1) is 12.1 Å². The Morgan fingerprint density at radius 3 is 1.11 bits per heavy atom. The molecule has 242 valence electrons. The van der Waals surface area contributed by atoms with Crippen LogP contribution in [0.5, 0.6) is 0 Å². The molecule has 2 atom stereocenters. The van der Waals surface area contributed by atoms with Gasteiger partial charge in [-0.05, 0) is 62.0 Å². The van der Waals surface area contributed by atoms with Crippen LogP contribution >= 0.6 is 0 Å². The van der Waals surface area contributed by atoms with E-state index in [0.29, 0.717) is 11.1 Å². The third-order valence-corrected chi connectivity index (χ3v) is 7.59. The van der Waals surface area contributed by atoms with Gasteiger partial charge in [-0.25, -0.2) is 0 Å². The van der Waals surface area contributed by atoms with Crippen molar-refractivity contribution in [3.8, 4) is 0 Å². The van der Waals surface area contributed by atoms with E-state index in [-0.39, 0.29) is 23.7 Å². The molecule has 0 aromatic carbocycles. The average Bonchev–Trinajstić information content (AvgIpc) is 3.01. The van der Waals surface area contributed by atoms with E-state index in [1.165, 1.54) is 63.3 Å². The lowest BCUT2D eigenvalue weighted by molar-refractivity contribution is -0.124. The second-order valence-electron chi connectivity index (χ2n) is 12.0. The monoisotopic (exact) mass is 608 g/mol. The lowest BCUT2D eigenvalue weighted by atomic mass is 10.0. The van der Waals surface area contributed by atoms with Crippen molar-refractivity contribution >= 4 is 23.6 Å². The lowest BCUT2D eigenvalue weighted by Crippen LogP contribution is -2.49. The summed E-state index contributed by atoms with van der Waals surface area (Å²) in [5.41, 5.74) is 0.837. The molecular formula is C34H52N6O4. The van der Waals surface area contributed by atoms with Crippen LogP contribution < -0.4 is 21.3 Å². The van der Waals surface area contributed by atoms with Crippen molar-refractivity contribution in [1.29, 1.82) is 0 Å². The molecule has 2 aromatic rings. The molecular weight excluding hydrogens is 556 g/mol. The maximum absolute atomic E-state index is 12.6. The van der Waals surface area contributed by atoms with E-state index in [1.807, 2.05) is 27.7 Å². The number of rotatable bonds is 21. The van der Waals surface area contributed by atoms with Crippen LogP contribution in [0.3, 0.4) is 0 Å². The molecule has 0 radical (unpaired) electrons. The summed E-state index contributed by atoms with van der Waals surface area (Å²) in [6.07, 6.45) is 17.5. The fourth-order valence-corrected chi connectivity index (χ4v) is 4.97. The van der Waals surface area contributed by atoms with Crippen LogP contribution in [0.4, 0.5) is 0 Å². The molecule has 4 amide bonds. The van der Waals surface area contributed by atoms with Crippen molar-refractivity contribution in [2.24, 2.45) is 11.8 Å². The molecule has 2 aromatic heterocycles. The Bertz CT molecular complexity index is 1040. The Labute approximate surface area is 263 Å². The minimum Gasteiger partial charge on any atom is -0.306 e. The zero-order chi connectivity index (χ0) is 32.2. The minimum atomic E-state index is -0.411. The molecule has 0 aliphatic rings. The Balaban J connectivity index is 1.48. The summed E-state index contributed by atoms with van der Waals surface area (Å²) in [4.78, 5) is 57.7. The van der Waals surface area contributed by atoms with Gasteiger partial charge in [-0.15, -0.1) is 0 Å². The van der Waals surface area contributed by atoms with E-state index in [1.54, 1.807) is 24.3 Å². The topological polar surface area (TPSA) is 142 Å². The smallest absolute Gasteiger partial charge is 0.257 e. The van der Waals surface area contributed by atoms with Crippen LogP contribution in [-0.4, -0.2) is 58.8 Å². The van der Waals surface area contributed by atoms with Crippen LogP contribution in [-0.2, 0) is 9.59 Å². The number of nitrogens with zero attached hydrogens (tertiary/aromatic N) is 2. The molecule has 10 heteroatoms. The summed E-state index contributed by atoms with van der Waals surface area (Å²) >= 11 is 0. The molecule has 0 aliphatic heterocycles. The second-order valence-corrected chi connectivity index (χ2v) is 12.0. The van der Waals surface area contributed by atoms with Gasteiger partial charge in [-0.1, -0.05) is 79.1 Å². The van der Waals surface area contributed by atoms with E-state index < -0.39 is 23.9 Å². The molecule has 1 unspecified atom stereocenters. The van der Waals surface area contributed by atoms with Gasteiger partial charge in [-0.3, -0.25) is 39.8 Å². The summed E-state index contributed by atoms with van der Waals surface area (Å²) in [5, 5.41) is 11.6. The van der Waals surface area contributed by atoms with E-state index >= 15 is 0 Å². The van der Waals surface area contributed by atoms with Crippen molar-refractivity contribution in [1.82, 2.24) is 31.2 Å². The number of hydrogen-bond acceptors (Lipinski definition) is 8. The third kappa shape index (κ3) is 14.3. The number of imide groups is 2. The first-order valence-electron chi connectivity index (χ1n) is 16.2. The Morgan fingerprint density at radius 1 is 0.523 bits per heavy atom. The highest BCUT2D eigenvalue weighted by atomic mass is 16.2. The standard InChI is InChI=1S/C34H52N6O4/c1-25(2)29(33(43)39-31(41)27-15-21-35-22-16-27)37-19-13-11-9-7-5-6-8-10-12-14-20-38-30(26(3)4)34(44)40-32(42)28-17-23-36-24-18-28/h15-18,21-26,29-30,37-38H,5-14,19-20H2,1-4H3,(H,39,41,43)(H,40,42,44)/t29-,30?/m1/s1. The van der Waals surface area contributed by atoms with Gasteiger partial charge in [0.2, 0.25) is 11.8 Å². The number of unbranched alkanes of at least 4 members (excludes halogenated alkanes) is 9. The Kier molecular flexibility index (Phi) is 17.7. The summed E-state index contributed by atoms with van der Waals surface area (Å²) in [6.45, 7) is 9.38. The SMILES string of the molecule is CC(C)C(NCCCCCCCCCCCCN[C@@H](C(=O)NC(=O)c1ccncc1)C(C)C)C(=O)NC(=O)c1ccncc1. The van der Waals surface area contributed by atoms with Crippen LogP contribution in [0, 0.1) is 11.8 Å². The molecule has 0 bridgehead atoms. The molecule has 44 heavy (non-hydrogen) atoms. The van der Waals surface area contributed by atoms with Gasteiger partial charge < -0.3 is 10.6 Å². The van der Waals surface area contributed by atoms with Crippen LogP contribution in [0.15, 0.2) is 49.1 Å². The number of aromatic nitrogens is 2. The van der Waals surface area contributed by atoms with E-state index in [0.717, 1.165) is 38.8 Å². The van der Waals surface area contributed by atoms with E-state index in [4.69, 9.17) is 0 Å². The number of carbonyl (C=O) groups excluding carboxylic acids is 4. The van der Waals surface area contributed by atoms with Gasteiger partial charge in [0.1, 0.15) is 0 Å². The van der Waals surface area contributed by atoms with Crippen molar-refractivity contribution in [3.63, 3.8) is 0 Å². The zero-order valence-electron chi connectivity index (χ0n) is 26.9. The van der Waals surface area contributed by atoms with Crippen molar-refractivity contribution in [2.45, 2.75) is 104 Å². The summed E-state index contributed by atoms with van der Waals surface area (Å²) < 4.78 is 0. The normalized spacial score (nSPS) is 12.6. The van der Waals surface area contributed by atoms with Crippen molar-refractivity contribution in [3.05, 3.63) is 60.2 Å². The molecule has 0 fully saturated rings. The first kappa shape index (κ1) is 36.7. The van der Waals surface area contributed by atoms with Gasteiger partial charge in [0.25, 0.3) is 11.8 Å². The first-order valence-corrected chi connectivity index (χ1v) is 16.2. The number of carbonyl (C=O) groups is 4. The quantitative estimate of drug-likeness (QED) is 0.148. The molecule has 0 aliphatic carbocycles. The Hall–Kier alpha value is -3.50. The maximum Gasteiger partial charge on any atom is 0.257 e. The highest BCUT2D eigenvalue weighted by Gasteiger charge is 2.24. The first-order chi connectivity index (χ1) is 21.2. The Morgan fingerprint density at radius 2 is 0.818 bits per heavy atom. The lowest BCUT2D eigenvalue weighted by Gasteiger charge is -2.21. The zero-order valence-corrected chi connectivity index (χ0v) is 26.9. The van der Waals surface area contributed by atoms with Gasteiger partial charge in [0, 0.05) is 35.9 Å². The second kappa shape index (κ2) is 21.2. The largest absolute Gasteiger partial charge is 0.306 e. The average molecular weight is 609 g/mol. The van der Waals surface area contributed by atoms with Crippen LogP contribution in [0.25, 0.3) is 0 Å². The molecule has 4 N–H and O–H groups in total. The molecule has 2 heterocycles. The van der Waals surface area contributed by atoms with Crippen molar-refractivity contribution in [2.75, 3.05) is 13.1 Å². The number of pyridine rings is 2. The fraction of sp³-hybridized carbons (Fsp3) is 0.588. The molecule has 0 saturated heterocycles. The number of amides is 4. The number of nitrogens with one attached hydrogen (secondary N) is 4.